The summed E-state index contributed by atoms with van der Waals surface area (Å²) >= 11 is 0. The normalized spacial score (nSPS) is 37.2. The fourth-order valence-electron chi connectivity index (χ4n) is 4.29. The number of carboxylic acids is 1. The summed E-state index contributed by atoms with van der Waals surface area (Å²) in [7, 11) is 0. The number of aliphatic carboxylic acids is 1. The molecule has 0 spiro atoms. The zero-order chi connectivity index (χ0) is 13.2. The minimum absolute atomic E-state index is 0.226. The molecule has 3 fully saturated rings. The van der Waals surface area contributed by atoms with Gasteiger partial charge in [-0.3, -0.25) is 9.69 Å². The van der Waals surface area contributed by atoms with Gasteiger partial charge in [0.2, 0.25) is 0 Å². The second-order valence-corrected chi connectivity index (χ2v) is 6.45. The second kappa shape index (κ2) is 5.80. The van der Waals surface area contributed by atoms with Crippen LogP contribution in [0.5, 0.6) is 0 Å². The number of fused-ring (bicyclic) bond motifs is 1. The lowest BCUT2D eigenvalue weighted by atomic mass is 9.84. The van der Waals surface area contributed by atoms with E-state index in [0.717, 1.165) is 39.0 Å². The summed E-state index contributed by atoms with van der Waals surface area (Å²) in [6.45, 7) is 2.68. The molecule has 19 heavy (non-hydrogen) atoms. The van der Waals surface area contributed by atoms with Gasteiger partial charge in [-0.2, -0.15) is 0 Å². The average molecular weight is 267 g/mol. The molecule has 0 aromatic rings. The lowest BCUT2D eigenvalue weighted by Crippen LogP contribution is -2.45. The highest BCUT2D eigenvalue weighted by Crippen LogP contribution is 2.40. The predicted octanol–water partition coefficient (Wildman–Crippen LogP) is 2.13. The molecule has 0 aromatic heterocycles. The van der Waals surface area contributed by atoms with Crippen molar-refractivity contribution in [1.29, 1.82) is 0 Å². The monoisotopic (exact) mass is 267 g/mol. The van der Waals surface area contributed by atoms with E-state index in [4.69, 9.17) is 4.74 Å². The Hall–Kier alpha value is -0.610. The van der Waals surface area contributed by atoms with Gasteiger partial charge in [0.15, 0.2) is 0 Å². The summed E-state index contributed by atoms with van der Waals surface area (Å²) in [6, 6.07) is 0.314. The molecule has 0 aromatic carbocycles. The first kappa shape index (κ1) is 13.4. The first-order chi connectivity index (χ1) is 9.25. The van der Waals surface area contributed by atoms with Crippen molar-refractivity contribution >= 4 is 5.97 Å². The summed E-state index contributed by atoms with van der Waals surface area (Å²) in [6.07, 6.45) is 8.08. The van der Waals surface area contributed by atoms with Gasteiger partial charge in [-0.05, 0) is 43.9 Å². The van der Waals surface area contributed by atoms with Crippen LogP contribution >= 0.6 is 0 Å². The fourth-order valence-corrected chi connectivity index (χ4v) is 4.29. The molecule has 1 aliphatic carbocycles. The van der Waals surface area contributed by atoms with Crippen LogP contribution in [0.25, 0.3) is 0 Å². The van der Waals surface area contributed by atoms with Crippen LogP contribution in [-0.2, 0) is 9.53 Å². The molecule has 4 nitrogen and oxygen atoms in total. The summed E-state index contributed by atoms with van der Waals surface area (Å²) in [4.78, 5) is 13.9. The van der Waals surface area contributed by atoms with E-state index < -0.39 is 5.97 Å². The van der Waals surface area contributed by atoms with Crippen molar-refractivity contribution in [2.24, 2.45) is 11.8 Å². The van der Waals surface area contributed by atoms with Gasteiger partial charge in [0.25, 0.3) is 0 Å². The summed E-state index contributed by atoms with van der Waals surface area (Å²) < 4.78 is 5.41. The van der Waals surface area contributed by atoms with Crippen LogP contribution in [0, 0.1) is 11.8 Å². The highest BCUT2D eigenvalue weighted by Gasteiger charge is 2.45. The number of hydrogen-bond acceptors (Lipinski definition) is 3. The lowest BCUT2D eigenvalue weighted by Gasteiger charge is -2.36. The molecule has 0 bridgehead atoms. The molecule has 2 heterocycles. The molecule has 1 N–H and O–H groups in total. The Balaban J connectivity index is 1.69. The Labute approximate surface area is 115 Å². The third-order valence-corrected chi connectivity index (χ3v) is 5.32. The molecule has 2 saturated heterocycles. The van der Waals surface area contributed by atoms with Gasteiger partial charge in [0.1, 0.15) is 6.04 Å². The van der Waals surface area contributed by atoms with Crippen LogP contribution in [0.15, 0.2) is 0 Å². The van der Waals surface area contributed by atoms with Crippen molar-refractivity contribution in [3.05, 3.63) is 0 Å². The first-order valence-electron chi connectivity index (χ1n) is 7.82. The third kappa shape index (κ3) is 2.79. The van der Waals surface area contributed by atoms with Crippen molar-refractivity contribution in [1.82, 2.24) is 4.90 Å². The zero-order valence-electron chi connectivity index (χ0n) is 11.6. The van der Waals surface area contributed by atoms with E-state index >= 15 is 0 Å². The highest BCUT2D eigenvalue weighted by atomic mass is 16.5. The molecule has 1 saturated carbocycles. The van der Waals surface area contributed by atoms with Gasteiger partial charge in [0.05, 0.1) is 0 Å². The zero-order valence-corrected chi connectivity index (χ0v) is 11.6. The van der Waals surface area contributed by atoms with Gasteiger partial charge in [0, 0.05) is 25.8 Å². The highest BCUT2D eigenvalue weighted by molar-refractivity contribution is 5.74. The summed E-state index contributed by atoms with van der Waals surface area (Å²) in [5.74, 6) is 0.660. The van der Waals surface area contributed by atoms with E-state index in [9.17, 15) is 9.90 Å². The Kier molecular flexibility index (Phi) is 4.08. The summed E-state index contributed by atoms with van der Waals surface area (Å²) in [5, 5.41) is 9.49. The van der Waals surface area contributed by atoms with Crippen molar-refractivity contribution in [3.8, 4) is 0 Å². The number of ether oxygens (including phenoxy) is 1. The number of likely N-dealkylation sites (tertiary alicyclic amines) is 1. The molecule has 2 aliphatic heterocycles. The SMILES string of the molecule is O=C(O)C1CC2CCCCC2N1CC1CCOCC1. The third-order valence-electron chi connectivity index (χ3n) is 5.32. The Morgan fingerprint density at radius 3 is 2.63 bits per heavy atom. The minimum Gasteiger partial charge on any atom is -0.480 e. The van der Waals surface area contributed by atoms with Gasteiger partial charge in [-0.1, -0.05) is 12.8 Å². The Bertz CT molecular complexity index is 327. The van der Waals surface area contributed by atoms with Crippen LogP contribution < -0.4 is 0 Å². The molecule has 3 rings (SSSR count). The van der Waals surface area contributed by atoms with E-state index in [0.29, 0.717) is 17.9 Å². The standard InChI is InChI=1S/C15H25NO3/c17-15(18)14-9-12-3-1-2-4-13(12)16(14)10-11-5-7-19-8-6-11/h11-14H,1-10H2,(H,17,18). The van der Waals surface area contributed by atoms with Gasteiger partial charge in [-0.25, -0.2) is 0 Å². The maximum Gasteiger partial charge on any atom is 0.320 e. The number of carboxylic acid groups (broad SMARTS) is 1. The minimum atomic E-state index is -0.610. The molecule has 3 aliphatic rings. The lowest BCUT2D eigenvalue weighted by molar-refractivity contribution is -0.143. The van der Waals surface area contributed by atoms with E-state index in [1.54, 1.807) is 0 Å². The number of rotatable bonds is 3. The fraction of sp³-hybridized carbons (Fsp3) is 0.933. The maximum atomic E-state index is 11.5. The number of carbonyl (C=O) groups is 1. The van der Waals surface area contributed by atoms with Crippen molar-refractivity contribution in [2.75, 3.05) is 19.8 Å². The first-order valence-corrected chi connectivity index (χ1v) is 7.82. The summed E-state index contributed by atoms with van der Waals surface area (Å²) in [5.41, 5.74) is 0. The smallest absolute Gasteiger partial charge is 0.320 e. The number of nitrogens with zero attached hydrogens (tertiary/aromatic N) is 1. The van der Waals surface area contributed by atoms with Crippen molar-refractivity contribution in [2.45, 2.75) is 57.0 Å². The topological polar surface area (TPSA) is 49.8 Å². The van der Waals surface area contributed by atoms with Gasteiger partial charge >= 0.3 is 5.97 Å². The van der Waals surface area contributed by atoms with E-state index in [-0.39, 0.29) is 6.04 Å². The van der Waals surface area contributed by atoms with E-state index in [2.05, 4.69) is 4.90 Å². The molecule has 0 amide bonds. The Morgan fingerprint density at radius 2 is 1.89 bits per heavy atom. The molecular formula is C15H25NO3. The van der Waals surface area contributed by atoms with Crippen LogP contribution in [-0.4, -0.2) is 47.8 Å². The van der Waals surface area contributed by atoms with Crippen molar-refractivity contribution < 1.29 is 14.6 Å². The van der Waals surface area contributed by atoms with Crippen LogP contribution in [0.3, 0.4) is 0 Å². The van der Waals surface area contributed by atoms with Crippen LogP contribution in [0.2, 0.25) is 0 Å². The molecule has 3 unspecified atom stereocenters. The molecule has 108 valence electrons. The van der Waals surface area contributed by atoms with Gasteiger partial charge < -0.3 is 9.84 Å². The largest absolute Gasteiger partial charge is 0.480 e. The number of hydrogen-bond donors (Lipinski definition) is 1. The molecule has 3 atom stereocenters. The Morgan fingerprint density at radius 1 is 1.16 bits per heavy atom. The van der Waals surface area contributed by atoms with E-state index in [1.807, 2.05) is 0 Å². The van der Waals surface area contributed by atoms with Crippen LogP contribution in [0.4, 0.5) is 0 Å². The van der Waals surface area contributed by atoms with E-state index in [1.165, 1.54) is 25.7 Å². The van der Waals surface area contributed by atoms with Crippen molar-refractivity contribution in [3.63, 3.8) is 0 Å². The van der Waals surface area contributed by atoms with Gasteiger partial charge in [-0.15, -0.1) is 0 Å². The molecular weight excluding hydrogens is 242 g/mol. The maximum absolute atomic E-state index is 11.5. The molecule has 4 heteroatoms. The quantitative estimate of drug-likeness (QED) is 0.851. The second-order valence-electron chi connectivity index (χ2n) is 6.45. The molecule has 0 radical (unpaired) electrons. The van der Waals surface area contributed by atoms with Crippen LogP contribution in [0.1, 0.15) is 44.9 Å². The predicted molar refractivity (Wildman–Crippen MR) is 72.0 cm³/mol. The average Bonchev–Trinajstić information content (AvgIpc) is 2.79.